The highest BCUT2D eigenvalue weighted by atomic mass is 16.1. The van der Waals surface area contributed by atoms with Crippen LogP contribution in [0.4, 0.5) is 0 Å². The number of amides is 1. The smallest absolute Gasteiger partial charge is 0.249 e. The molecule has 0 saturated carbocycles. The van der Waals surface area contributed by atoms with E-state index in [1.165, 1.54) is 0 Å². The minimum atomic E-state index is 0.102. The molecule has 1 aliphatic carbocycles. The van der Waals surface area contributed by atoms with E-state index in [0.29, 0.717) is 6.04 Å². The molecule has 0 fully saturated rings. The molecule has 86 valence electrons. The van der Waals surface area contributed by atoms with Gasteiger partial charge in [-0.3, -0.25) is 4.79 Å². The molecular formula is C12H22N2O. The Bertz CT molecular complexity index is 267. The minimum Gasteiger partial charge on any atom is -0.386 e. The van der Waals surface area contributed by atoms with Gasteiger partial charge in [-0.1, -0.05) is 0 Å². The average molecular weight is 210 g/mol. The van der Waals surface area contributed by atoms with Gasteiger partial charge in [-0.05, 0) is 47.0 Å². The van der Waals surface area contributed by atoms with E-state index >= 15 is 0 Å². The van der Waals surface area contributed by atoms with Crippen LogP contribution in [0.2, 0.25) is 0 Å². The van der Waals surface area contributed by atoms with Crippen molar-refractivity contribution >= 4 is 5.91 Å². The molecule has 3 nitrogen and oxygen atoms in total. The molecular weight excluding hydrogens is 188 g/mol. The quantitative estimate of drug-likeness (QED) is 0.744. The minimum absolute atomic E-state index is 0.102. The summed E-state index contributed by atoms with van der Waals surface area (Å²) >= 11 is 0. The molecule has 15 heavy (non-hydrogen) atoms. The zero-order valence-electron chi connectivity index (χ0n) is 10.2. The van der Waals surface area contributed by atoms with E-state index in [2.05, 4.69) is 24.5 Å². The highest BCUT2D eigenvalue weighted by molar-refractivity contribution is 5.94. The fraction of sp³-hybridized carbons (Fsp3) is 0.750. The normalized spacial score (nSPS) is 16.4. The zero-order valence-corrected chi connectivity index (χ0v) is 10.2. The van der Waals surface area contributed by atoms with Crippen molar-refractivity contribution in [1.82, 2.24) is 10.6 Å². The molecule has 0 heterocycles. The first kappa shape index (κ1) is 12.1. The molecule has 2 N–H and O–H groups in total. The standard InChI is InChI=1S/C12H22N2O/c1-8(2)13-11-7-5-6-10(11)12(15)14-9(3)4/h8-9,13H,5-7H2,1-4H3,(H,14,15). The van der Waals surface area contributed by atoms with Crippen LogP contribution in [0.3, 0.4) is 0 Å². The fourth-order valence-electron chi connectivity index (χ4n) is 1.85. The van der Waals surface area contributed by atoms with Crippen LogP contribution in [0, 0.1) is 0 Å². The highest BCUT2D eigenvalue weighted by Gasteiger charge is 2.21. The Hall–Kier alpha value is -0.990. The topological polar surface area (TPSA) is 41.1 Å². The lowest BCUT2D eigenvalue weighted by atomic mass is 10.2. The lowest BCUT2D eigenvalue weighted by molar-refractivity contribution is -0.118. The van der Waals surface area contributed by atoms with Crippen LogP contribution in [0.5, 0.6) is 0 Å². The van der Waals surface area contributed by atoms with E-state index in [1.54, 1.807) is 0 Å². The molecule has 0 aromatic heterocycles. The van der Waals surface area contributed by atoms with Crippen molar-refractivity contribution in [3.8, 4) is 0 Å². The number of hydrogen-bond donors (Lipinski definition) is 2. The summed E-state index contributed by atoms with van der Waals surface area (Å²) in [7, 11) is 0. The van der Waals surface area contributed by atoms with Crippen molar-refractivity contribution in [1.29, 1.82) is 0 Å². The van der Waals surface area contributed by atoms with Crippen molar-refractivity contribution < 1.29 is 4.79 Å². The molecule has 1 aliphatic rings. The Balaban J connectivity index is 2.67. The number of nitrogens with one attached hydrogen (secondary N) is 2. The van der Waals surface area contributed by atoms with Gasteiger partial charge in [0.1, 0.15) is 0 Å². The van der Waals surface area contributed by atoms with Crippen LogP contribution in [-0.4, -0.2) is 18.0 Å². The first-order chi connectivity index (χ1) is 7.00. The van der Waals surface area contributed by atoms with E-state index in [4.69, 9.17) is 0 Å². The number of hydrogen-bond acceptors (Lipinski definition) is 2. The van der Waals surface area contributed by atoms with Gasteiger partial charge in [-0.15, -0.1) is 0 Å². The zero-order chi connectivity index (χ0) is 11.4. The molecule has 0 atom stereocenters. The maximum Gasteiger partial charge on any atom is 0.249 e. The number of rotatable bonds is 4. The van der Waals surface area contributed by atoms with Crippen LogP contribution in [-0.2, 0) is 4.79 Å². The Morgan fingerprint density at radius 3 is 2.33 bits per heavy atom. The van der Waals surface area contributed by atoms with E-state index in [1.807, 2.05) is 13.8 Å². The van der Waals surface area contributed by atoms with Crippen molar-refractivity contribution in [3.05, 3.63) is 11.3 Å². The molecule has 0 unspecified atom stereocenters. The first-order valence-corrected chi connectivity index (χ1v) is 5.80. The average Bonchev–Trinajstić information content (AvgIpc) is 2.49. The summed E-state index contributed by atoms with van der Waals surface area (Å²) in [5, 5.41) is 6.32. The van der Waals surface area contributed by atoms with Gasteiger partial charge in [-0.2, -0.15) is 0 Å². The number of allylic oxidation sites excluding steroid dienone is 1. The van der Waals surface area contributed by atoms with Crippen LogP contribution in [0.15, 0.2) is 11.3 Å². The van der Waals surface area contributed by atoms with Crippen molar-refractivity contribution in [2.45, 2.75) is 59.0 Å². The summed E-state index contributed by atoms with van der Waals surface area (Å²) in [4.78, 5) is 11.8. The van der Waals surface area contributed by atoms with Gasteiger partial charge >= 0.3 is 0 Å². The molecule has 3 heteroatoms. The second-order valence-corrected chi connectivity index (χ2v) is 4.74. The summed E-state index contributed by atoms with van der Waals surface area (Å²) < 4.78 is 0. The monoisotopic (exact) mass is 210 g/mol. The van der Waals surface area contributed by atoms with Gasteiger partial charge < -0.3 is 10.6 Å². The van der Waals surface area contributed by atoms with Crippen molar-refractivity contribution in [3.63, 3.8) is 0 Å². The first-order valence-electron chi connectivity index (χ1n) is 5.80. The van der Waals surface area contributed by atoms with Crippen LogP contribution in [0.1, 0.15) is 47.0 Å². The van der Waals surface area contributed by atoms with Gasteiger partial charge in [0.25, 0.3) is 0 Å². The largest absolute Gasteiger partial charge is 0.386 e. The Morgan fingerprint density at radius 2 is 1.80 bits per heavy atom. The molecule has 0 aliphatic heterocycles. The Kier molecular flexibility index (Phi) is 4.18. The van der Waals surface area contributed by atoms with Gasteiger partial charge in [0, 0.05) is 23.4 Å². The van der Waals surface area contributed by atoms with Crippen LogP contribution < -0.4 is 10.6 Å². The summed E-state index contributed by atoms with van der Waals surface area (Å²) in [6, 6.07) is 0.617. The third-order valence-corrected chi connectivity index (χ3v) is 2.37. The van der Waals surface area contributed by atoms with Crippen LogP contribution >= 0.6 is 0 Å². The van der Waals surface area contributed by atoms with Crippen molar-refractivity contribution in [2.24, 2.45) is 0 Å². The highest BCUT2D eigenvalue weighted by Crippen LogP contribution is 2.24. The van der Waals surface area contributed by atoms with E-state index < -0.39 is 0 Å². The molecule has 1 amide bonds. The van der Waals surface area contributed by atoms with Gasteiger partial charge in [0.05, 0.1) is 0 Å². The maximum atomic E-state index is 11.8. The van der Waals surface area contributed by atoms with E-state index in [9.17, 15) is 4.79 Å². The predicted octanol–water partition coefficient (Wildman–Crippen LogP) is 1.95. The third kappa shape index (κ3) is 3.57. The van der Waals surface area contributed by atoms with Gasteiger partial charge in [-0.25, -0.2) is 0 Å². The fourth-order valence-corrected chi connectivity index (χ4v) is 1.85. The summed E-state index contributed by atoms with van der Waals surface area (Å²) in [6.45, 7) is 8.18. The lowest BCUT2D eigenvalue weighted by Crippen LogP contribution is -2.33. The molecule has 0 aromatic carbocycles. The summed E-state index contributed by atoms with van der Waals surface area (Å²) in [5.41, 5.74) is 2.10. The van der Waals surface area contributed by atoms with Gasteiger partial charge in [0.15, 0.2) is 0 Å². The second kappa shape index (κ2) is 5.19. The third-order valence-electron chi connectivity index (χ3n) is 2.37. The van der Waals surface area contributed by atoms with E-state index in [0.717, 1.165) is 30.5 Å². The van der Waals surface area contributed by atoms with Crippen molar-refractivity contribution in [2.75, 3.05) is 0 Å². The Morgan fingerprint density at radius 1 is 1.13 bits per heavy atom. The summed E-state index contributed by atoms with van der Waals surface area (Å²) in [5.74, 6) is 0.102. The number of carbonyl (C=O) groups is 1. The van der Waals surface area contributed by atoms with Crippen LogP contribution in [0.25, 0.3) is 0 Å². The number of carbonyl (C=O) groups excluding carboxylic acids is 1. The predicted molar refractivity (Wildman–Crippen MR) is 62.4 cm³/mol. The van der Waals surface area contributed by atoms with Gasteiger partial charge in [0.2, 0.25) is 5.91 Å². The molecule has 0 radical (unpaired) electrons. The lowest BCUT2D eigenvalue weighted by Gasteiger charge is -2.14. The molecule has 0 bridgehead atoms. The molecule has 0 spiro atoms. The van der Waals surface area contributed by atoms with E-state index in [-0.39, 0.29) is 11.9 Å². The molecule has 0 saturated heterocycles. The SMILES string of the molecule is CC(C)NC(=O)C1=C(NC(C)C)CCC1. The summed E-state index contributed by atoms with van der Waals surface area (Å²) in [6.07, 6.45) is 3.02. The molecule has 1 rings (SSSR count). The second-order valence-electron chi connectivity index (χ2n) is 4.74. The maximum absolute atomic E-state index is 11.8. The molecule has 0 aromatic rings. The Labute approximate surface area is 92.3 Å².